The molecular formula is C19H17N7O. The number of nitrogens with one attached hydrogen (secondary N) is 2. The van der Waals surface area contributed by atoms with Gasteiger partial charge in [-0.1, -0.05) is 18.2 Å². The van der Waals surface area contributed by atoms with Crippen LogP contribution < -0.4 is 16.4 Å². The van der Waals surface area contributed by atoms with Gasteiger partial charge in [-0.05, 0) is 31.2 Å². The minimum absolute atomic E-state index is 0.271. The van der Waals surface area contributed by atoms with E-state index in [1.807, 2.05) is 37.3 Å². The lowest BCUT2D eigenvalue weighted by molar-refractivity contribution is 0.102. The van der Waals surface area contributed by atoms with Gasteiger partial charge in [-0.3, -0.25) is 9.78 Å². The molecule has 0 atom stereocenters. The molecule has 0 bridgehead atoms. The number of carbonyl (C=O) groups is 1. The second-order valence-corrected chi connectivity index (χ2v) is 5.99. The number of amides is 1. The van der Waals surface area contributed by atoms with Crippen LogP contribution >= 0.6 is 0 Å². The predicted molar refractivity (Wildman–Crippen MR) is 104 cm³/mol. The van der Waals surface area contributed by atoms with E-state index < -0.39 is 0 Å². The standard InChI is InChI=1S/C19H17N7O/c1-12-9-14(7-8-21-12)24-19(27)16-11-22-18-15(10-17(20)25-26(16)18)23-13-5-3-2-4-6-13/h2-11,23H,1H3,(H2,20,25)(H,21,24,27). The van der Waals surface area contributed by atoms with Gasteiger partial charge in [-0.25, -0.2) is 9.50 Å². The molecule has 8 nitrogen and oxygen atoms in total. The summed E-state index contributed by atoms with van der Waals surface area (Å²) in [5.41, 5.74) is 9.72. The normalized spacial score (nSPS) is 10.7. The SMILES string of the molecule is Cc1cc(NC(=O)c2cnc3c(Nc4ccccc4)cc(N)nn23)ccn1. The van der Waals surface area contributed by atoms with Gasteiger partial charge in [0, 0.05) is 29.3 Å². The Labute approximate surface area is 155 Å². The number of aromatic nitrogens is 4. The Bertz CT molecular complexity index is 1120. The van der Waals surface area contributed by atoms with Crippen LogP contribution in [0.2, 0.25) is 0 Å². The zero-order valence-electron chi connectivity index (χ0n) is 14.5. The monoisotopic (exact) mass is 359 g/mol. The van der Waals surface area contributed by atoms with Crippen LogP contribution in [-0.4, -0.2) is 25.5 Å². The molecular weight excluding hydrogens is 342 g/mol. The van der Waals surface area contributed by atoms with E-state index in [1.165, 1.54) is 10.7 Å². The van der Waals surface area contributed by atoms with E-state index in [1.54, 1.807) is 24.4 Å². The van der Waals surface area contributed by atoms with Crippen molar-refractivity contribution in [1.82, 2.24) is 19.6 Å². The van der Waals surface area contributed by atoms with Crippen molar-refractivity contribution in [3.05, 3.63) is 72.3 Å². The third kappa shape index (κ3) is 3.40. The number of carbonyl (C=O) groups excluding carboxylic acids is 1. The second kappa shape index (κ2) is 6.75. The Kier molecular flexibility index (Phi) is 4.13. The number of aryl methyl sites for hydroxylation is 1. The molecule has 4 N–H and O–H groups in total. The van der Waals surface area contributed by atoms with Crippen molar-refractivity contribution in [2.75, 3.05) is 16.4 Å². The van der Waals surface area contributed by atoms with Crippen LogP contribution in [0.4, 0.5) is 22.9 Å². The van der Waals surface area contributed by atoms with Gasteiger partial charge in [0.15, 0.2) is 11.3 Å². The molecule has 3 aromatic heterocycles. The third-order valence-corrected chi connectivity index (χ3v) is 3.93. The molecule has 0 spiro atoms. The van der Waals surface area contributed by atoms with Gasteiger partial charge >= 0.3 is 0 Å². The van der Waals surface area contributed by atoms with Crippen molar-refractivity contribution in [2.45, 2.75) is 6.92 Å². The van der Waals surface area contributed by atoms with Gasteiger partial charge in [-0.15, -0.1) is 5.10 Å². The molecule has 0 saturated heterocycles. The number of anilines is 4. The molecule has 0 aliphatic heterocycles. The average molecular weight is 359 g/mol. The van der Waals surface area contributed by atoms with Crippen molar-refractivity contribution in [3.63, 3.8) is 0 Å². The highest BCUT2D eigenvalue weighted by Gasteiger charge is 2.17. The Morgan fingerprint density at radius 1 is 1.07 bits per heavy atom. The number of benzene rings is 1. The molecule has 0 fully saturated rings. The molecule has 1 amide bonds. The fraction of sp³-hybridized carbons (Fsp3) is 0.0526. The zero-order valence-corrected chi connectivity index (χ0v) is 14.5. The number of nitrogens with zero attached hydrogens (tertiary/aromatic N) is 4. The maximum atomic E-state index is 12.7. The third-order valence-electron chi connectivity index (χ3n) is 3.93. The molecule has 0 radical (unpaired) electrons. The lowest BCUT2D eigenvalue weighted by Crippen LogP contribution is -2.16. The lowest BCUT2D eigenvalue weighted by atomic mass is 10.3. The van der Waals surface area contributed by atoms with Crippen LogP contribution in [0.5, 0.6) is 0 Å². The van der Waals surface area contributed by atoms with Gasteiger partial charge in [0.2, 0.25) is 0 Å². The first-order chi connectivity index (χ1) is 13.1. The highest BCUT2D eigenvalue weighted by molar-refractivity contribution is 6.03. The minimum Gasteiger partial charge on any atom is -0.382 e. The molecule has 8 heteroatoms. The summed E-state index contributed by atoms with van der Waals surface area (Å²) in [6.07, 6.45) is 3.11. The van der Waals surface area contributed by atoms with Crippen molar-refractivity contribution in [3.8, 4) is 0 Å². The van der Waals surface area contributed by atoms with E-state index in [2.05, 4.69) is 25.7 Å². The van der Waals surface area contributed by atoms with E-state index in [4.69, 9.17) is 5.73 Å². The number of pyridine rings is 1. The highest BCUT2D eigenvalue weighted by atomic mass is 16.2. The van der Waals surface area contributed by atoms with Crippen LogP contribution in [-0.2, 0) is 0 Å². The first-order valence-electron chi connectivity index (χ1n) is 8.30. The number of para-hydroxylation sites is 1. The van der Waals surface area contributed by atoms with Gasteiger partial charge in [0.05, 0.1) is 11.9 Å². The van der Waals surface area contributed by atoms with Gasteiger partial charge < -0.3 is 16.4 Å². The minimum atomic E-state index is -0.336. The molecule has 0 aliphatic carbocycles. The summed E-state index contributed by atoms with van der Waals surface area (Å²) in [7, 11) is 0. The summed E-state index contributed by atoms with van der Waals surface area (Å²) in [6, 6.07) is 14.8. The Morgan fingerprint density at radius 3 is 2.67 bits per heavy atom. The smallest absolute Gasteiger partial charge is 0.276 e. The first-order valence-corrected chi connectivity index (χ1v) is 8.30. The Morgan fingerprint density at radius 2 is 1.89 bits per heavy atom. The van der Waals surface area contributed by atoms with Crippen LogP contribution in [0.1, 0.15) is 16.2 Å². The summed E-state index contributed by atoms with van der Waals surface area (Å²) in [4.78, 5) is 21.2. The van der Waals surface area contributed by atoms with Crippen LogP contribution in [0, 0.1) is 6.92 Å². The van der Waals surface area contributed by atoms with E-state index in [9.17, 15) is 4.79 Å². The van der Waals surface area contributed by atoms with Crippen molar-refractivity contribution < 1.29 is 4.79 Å². The first kappa shape index (κ1) is 16.5. The lowest BCUT2D eigenvalue weighted by Gasteiger charge is -2.09. The van der Waals surface area contributed by atoms with Gasteiger partial charge in [0.1, 0.15) is 5.82 Å². The summed E-state index contributed by atoms with van der Waals surface area (Å²) in [5.74, 6) is -0.0652. The molecule has 4 aromatic rings. The van der Waals surface area contributed by atoms with E-state index in [0.29, 0.717) is 17.0 Å². The summed E-state index contributed by atoms with van der Waals surface area (Å²) in [6.45, 7) is 1.85. The van der Waals surface area contributed by atoms with Crippen molar-refractivity contribution in [1.29, 1.82) is 0 Å². The van der Waals surface area contributed by atoms with Crippen LogP contribution in [0.15, 0.2) is 60.9 Å². The molecule has 0 unspecified atom stereocenters. The Hall–Kier alpha value is -3.94. The molecule has 3 heterocycles. The average Bonchev–Trinajstić information content (AvgIpc) is 3.06. The topological polar surface area (TPSA) is 110 Å². The molecule has 134 valence electrons. The van der Waals surface area contributed by atoms with E-state index in [0.717, 1.165) is 11.4 Å². The fourth-order valence-corrected chi connectivity index (χ4v) is 2.73. The molecule has 0 aliphatic rings. The van der Waals surface area contributed by atoms with Crippen LogP contribution in [0.25, 0.3) is 5.65 Å². The number of hydrogen-bond donors (Lipinski definition) is 3. The number of rotatable bonds is 4. The zero-order chi connectivity index (χ0) is 18.8. The highest BCUT2D eigenvalue weighted by Crippen LogP contribution is 2.23. The van der Waals surface area contributed by atoms with Crippen molar-refractivity contribution in [2.24, 2.45) is 0 Å². The number of nitrogens with two attached hydrogens (primary N) is 1. The summed E-state index contributed by atoms with van der Waals surface area (Å²) < 4.78 is 1.43. The largest absolute Gasteiger partial charge is 0.382 e. The molecule has 27 heavy (non-hydrogen) atoms. The number of imidazole rings is 1. The number of hydrogen-bond acceptors (Lipinski definition) is 6. The van der Waals surface area contributed by atoms with Gasteiger partial charge in [0.25, 0.3) is 5.91 Å². The molecule has 0 saturated carbocycles. The summed E-state index contributed by atoms with van der Waals surface area (Å²) >= 11 is 0. The van der Waals surface area contributed by atoms with Crippen molar-refractivity contribution >= 4 is 34.4 Å². The maximum Gasteiger partial charge on any atom is 0.276 e. The molecule has 4 rings (SSSR count). The van der Waals surface area contributed by atoms with Gasteiger partial charge in [-0.2, -0.15) is 0 Å². The summed E-state index contributed by atoms with van der Waals surface area (Å²) in [5, 5.41) is 10.3. The maximum absolute atomic E-state index is 12.7. The molecule has 1 aromatic carbocycles. The van der Waals surface area contributed by atoms with Crippen LogP contribution in [0.3, 0.4) is 0 Å². The Balaban J connectivity index is 1.69. The second-order valence-electron chi connectivity index (χ2n) is 5.99. The predicted octanol–water partition coefficient (Wildman–Crippen LogP) is 3.01. The van der Waals surface area contributed by atoms with E-state index >= 15 is 0 Å². The number of nitrogen functional groups attached to an aromatic ring is 1. The number of fused-ring (bicyclic) bond motifs is 1. The van der Waals surface area contributed by atoms with E-state index in [-0.39, 0.29) is 17.4 Å². The quantitative estimate of drug-likeness (QED) is 0.517. The fourth-order valence-electron chi connectivity index (χ4n) is 2.73.